The molecule has 6 heteroatoms. The van der Waals surface area contributed by atoms with Crippen molar-refractivity contribution in [2.24, 2.45) is 4.99 Å². The Morgan fingerprint density at radius 2 is 1.55 bits per heavy atom. The van der Waals surface area contributed by atoms with Crippen LogP contribution in [-0.2, 0) is 14.8 Å². The SMILES string of the molecule is Cc1cc(C)c(NS(=O)(=O)c2ccc(N=C=O)cc2)c(C)c1. The first kappa shape index (κ1) is 15.9. The van der Waals surface area contributed by atoms with Crippen LogP contribution in [0.5, 0.6) is 0 Å². The minimum absolute atomic E-state index is 0.108. The van der Waals surface area contributed by atoms with E-state index in [9.17, 15) is 13.2 Å². The number of benzene rings is 2. The van der Waals surface area contributed by atoms with E-state index in [1.807, 2.05) is 32.9 Å². The van der Waals surface area contributed by atoms with Crippen molar-refractivity contribution in [2.45, 2.75) is 25.7 Å². The summed E-state index contributed by atoms with van der Waals surface area (Å²) < 4.78 is 27.5. The highest BCUT2D eigenvalue weighted by molar-refractivity contribution is 7.92. The van der Waals surface area contributed by atoms with Gasteiger partial charge in [-0.05, 0) is 56.2 Å². The topological polar surface area (TPSA) is 75.6 Å². The molecule has 0 saturated heterocycles. The second kappa shape index (κ2) is 6.13. The summed E-state index contributed by atoms with van der Waals surface area (Å²) in [7, 11) is -3.69. The van der Waals surface area contributed by atoms with Crippen LogP contribution in [0.1, 0.15) is 16.7 Å². The average Bonchev–Trinajstić information content (AvgIpc) is 2.44. The number of rotatable bonds is 4. The molecular weight excluding hydrogens is 300 g/mol. The van der Waals surface area contributed by atoms with Gasteiger partial charge in [0.15, 0.2) is 0 Å². The summed E-state index contributed by atoms with van der Waals surface area (Å²) in [6.45, 7) is 5.68. The van der Waals surface area contributed by atoms with Crippen molar-refractivity contribution in [3.05, 3.63) is 53.1 Å². The second-order valence-corrected chi connectivity index (χ2v) is 6.76. The number of hydrogen-bond acceptors (Lipinski definition) is 4. The Labute approximate surface area is 129 Å². The summed E-state index contributed by atoms with van der Waals surface area (Å²) >= 11 is 0. The standard InChI is InChI=1S/C16H16N2O3S/c1-11-8-12(2)16(13(3)9-11)18-22(20,21)15-6-4-14(5-7-15)17-10-19/h4-9,18H,1-3H3. The lowest BCUT2D eigenvalue weighted by Crippen LogP contribution is -2.14. The first-order valence-corrected chi connectivity index (χ1v) is 8.10. The van der Waals surface area contributed by atoms with Crippen molar-refractivity contribution in [3.8, 4) is 0 Å². The Hall–Kier alpha value is -2.43. The van der Waals surface area contributed by atoms with Crippen molar-refractivity contribution >= 4 is 27.5 Å². The lowest BCUT2D eigenvalue weighted by Gasteiger charge is -2.14. The minimum Gasteiger partial charge on any atom is -0.279 e. The van der Waals surface area contributed by atoms with Gasteiger partial charge in [0.05, 0.1) is 16.3 Å². The molecule has 0 radical (unpaired) electrons. The van der Waals surface area contributed by atoms with Gasteiger partial charge in [0.1, 0.15) is 0 Å². The molecule has 2 aromatic rings. The van der Waals surface area contributed by atoms with Gasteiger partial charge >= 0.3 is 0 Å². The molecule has 2 rings (SSSR count). The molecule has 0 aliphatic rings. The molecular formula is C16H16N2O3S. The molecule has 5 nitrogen and oxygen atoms in total. The maximum absolute atomic E-state index is 12.4. The van der Waals surface area contributed by atoms with Gasteiger partial charge in [0, 0.05) is 0 Å². The van der Waals surface area contributed by atoms with E-state index >= 15 is 0 Å². The summed E-state index contributed by atoms with van der Waals surface area (Å²) in [6, 6.07) is 9.55. The number of sulfonamides is 1. The van der Waals surface area contributed by atoms with Gasteiger partial charge in [-0.15, -0.1) is 0 Å². The van der Waals surface area contributed by atoms with E-state index in [0.29, 0.717) is 11.4 Å². The van der Waals surface area contributed by atoms with Crippen molar-refractivity contribution < 1.29 is 13.2 Å². The molecule has 2 aromatic carbocycles. The molecule has 0 aromatic heterocycles. The Balaban J connectivity index is 2.38. The first-order valence-electron chi connectivity index (χ1n) is 6.62. The van der Waals surface area contributed by atoms with Gasteiger partial charge < -0.3 is 0 Å². The van der Waals surface area contributed by atoms with Crippen LogP contribution < -0.4 is 4.72 Å². The van der Waals surface area contributed by atoms with E-state index in [1.54, 1.807) is 0 Å². The van der Waals surface area contributed by atoms with E-state index in [1.165, 1.54) is 30.3 Å². The summed E-state index contributed by atoms with van der Waals surface area (Å²) in [6.07, 6.45) is 1.41. The molecule has 0 fully saturated rings. The number of hydrogen-bond donors (Lipinski definition) is 1. The lowest BCUT2D eigenvalue weighted by atomic mass is 10.1. The van der Waals surface area contributed by atoms with Gasteiger partial charge in [-0.25, -0.2) is 13.2 Å². The third-order valence-electron chi connectivity index (χ3n) is 3.24. The normalized spacial score (nSPS) is 10.9. The van der Waals surface area contributed by atoms with Crippen LogP contribution in [0.4, 0.5) is 11.4 Å². The maximum Gasteiger partial charge on any atom is 0.261 e. The Kier molecular flexibility index (Phi) is 4.45. The highest BCUT2D eigenvalue weighted by Gasteiger charge is 2.16. The third kappa shape index (κ3) is 3.42. The molecule has 1 N–H and O–H groups in total. The van der Waals surface area contributed by atoms with Crippen LogP contribution in [0.25, 0.3) is 0 Å². The fourth-order valence-electron chi connectivity index (χ4n) is 2.29. The molecule has 114 valence electrons. The van der Waals surface area contributed by atoms with Crippen molar-refractivity contribution in [1.82, 2.24) is 0 Å². The zero-order chi connectivity index (χ0) is 16.3. The molecule has 0 heterocycles. The summed E-state index contributed by atoms with van der Waals surface area (Å²) in [5.41, 5.74) is 3.75. The van der Waals surface area contributed by atoms with E-state index in [2.05, 4.69) is 9.71 Å². The van der Waals surface area contributed by atoms with Crippen LogP contribution >= 0.6 is 0 Å². The number of isocyanates is 1. The molecule has 0 aliphatic carbocycles. The Bertz CT molecular complexity index is 826. The van der Waals surface area contributed by atoms with E-state index in [-0.39, 0.29) is 4.90 Å². The van der Waals surface area contributed by atoms with Crippen molar-refractivity contribution in [2.75, 3.05) is 4.72 Å². The van der Waals surface area contributed by atoms with Crippen LogP contribution in [0.3, 0.4) is 0 Å². The molecule has 22 heavy (non-hydrogen) atoms. The molecule has 0 bridgehead atoms. The van der Waals surface area contributed by atoms with Crippen molar-refractivity contribution in [1.29, 1.82) is 0 Å². The van der Waals surface area contributed by atoms with Gasteiger partial charge in [0.25, 0.3) is 10.0 Å². The van der Waals surface area contributed by atoms with Crippen LogP contribution in [0, 0.1) is 20.8 Å². The van der Waals surface area contributed by atoms with Gasteiger partial charge in [-0.1, -0.05) is 17.7 Å². The lowest BCUT2D eigenvalue weighted by molar-refractivity contribution is 0.565. The zero-order valence-electron chi connectivity index (χ0n) is 12.5. The molecule has 0 amide bonds. The number of anilines is 1. The monoisotopic (exact) mass is 316 g/mol. The molecule has 0 aliphatic heterocycles. The Morgan fingerprint density at radius 1 is 1.00 bits per heavy atom. The number of aliphatic imine (C=N–C) groups is 1. The molecule has 0 saturated carbocycles. The number of nitrogens with one attached hydrogen (secondary N) is 1. The van der Waals surface area contributed by atoms with Crippen molar-refractivity contribution in [3.63, 3.8) is 0 Å². The Morgan fingerprint density at radius 3 is 2.05 bits per heavy atom. The maximum atomic E-state index is 12.4. The summed E-state index contributed by atoms with van der Waals surface area (Å²) in [5.74, 6) is 0. The van der Waals surface area contributed by atoms with Gasteiger partial charge in [-0.2, -0.15) is 4.99 Å². The predicted octanol–water partition coefficient (Wildman–Crippen LogP) is 3.38. The largest absolute Gasteiger partial charge is 0.279 e. The molecule has 0 spiro atoms. The quantitative estimate of drug-likeness (QED) is 0.694. The molecule has 0 unspecified atom stereocenters. The first-order chi connectivity index (χ1) is 10.3. The van der Waals surface area contributed by atoms with E-state index < -0.39 is 10.0 Å². The smallest absolute Gasteiger partial charge is 0.261 e. The van der Waals surface area contributed by atoms with E-state index in [0.717, 1.165) is 16.7 Å². The van der Waals surface area contributed by atoms with E-state index in [4.69, 9.17) is 0 Å². The van der Waals surface area contributed by atoms with Gasteiger partial charge in [0.2, 0.25) is 6.08 Å². The fourth-order valence-corrected chi connectivity index (χ4v) is 3.49. The molecule has 0 atom stereocenters. The van der Waals surface area contributed by atoms with Crippen LogP contribution in [-0.4, -0.2) is 14.5 Å². The van der Waals surface area contributed by atoms with Crippen LogP contribution in [0.2, 0.25) is 0 Å². The fraction of sp³-hybridized carbons (Fsp3) is 0.188. The third-order valence-corrected chi connectivity index (χ3v) is 4.60. The van der Waals surface area contributed by atoms with Gasteiger partial charge in [-0.3, -0.25) is 4.72 Å². The summed E-state index contributed by atoms with van der Waals surface area (Å²) in [4.78, 5) is 13.7. The number of carbonyl (C=O) groups excluding carboxylic acids is 1. The highest BCUT2D eigenvalue weighted by Crippen LogP contribution is 2.25. The zero-order valence-corrected chi connectivity index (χ0v) is 13.4. The minimum atomic E-state index is -3.69. The van der Waals surface area contributed by atoms with Crippen LogP contribution in [0.15, 0.2) is 46.3 Å². The summed E-state index contributed by atoms with van der Waals surface area (Å²) in [5, 5.41) is 0. The highest BCUT2D eigenvalue weighted by atomic mass is 32.2. The predicted molar refractivity (Wildman–Crippen MR) is 85.7 cm³/mol. The second-order valence-electron chi connectivity index (χ2n) is 5.08. The average molecular weight is 316 g/mol. The number of aryl methyl sites for hydroxylation is 3. The number of nitrogens with zero attached hydrogens (tertiary/aromatic N) is 1.